The van der Waals surface area contributed by atoms with Crippen LogP contribution in [0.1, 0.15) is 10.4 Å². The van der Waals surface area contributed by atoms with E-state index in [0.29, 0.717) is 26.5 Å². The zero-order valence-electron chi connectivity index (χ0n) is 11.6. The minimum absolute atomic E-state index is 0.0908. The minimum Gasteiger partial charge on any atom is -0.292 e. The topological polar surface area (TPSA) is 52.0 Å². The van der Waals surface area contributed by atoms with Crippen molar-refractivity contribution in [3.8, 4) is 0 Å². The van der Waals surface area contributed by atoms with Crippen molar-refractivity contribution in [3.63, 3.8) is 0 Å². The van der Waals surface area contributed by atoms with Crippen molar-refractivity contribution >= 4 is 62.5 Å². The summed E-state index contributed by atoms with van der Waals surface area (Å²) in [5.74, 6) is -0.169. The number of aromatic nitrogens is 2. The molecular weight excluding hydrogens is 450 g/mol. The number of halogens is 3. The van der Waals surface area contributed by atoms with Gasteiger partial charge in [0.15, 0.2) is 5.78 Å². The number of rotatable bonds is 3. The summed E-state index contributed by atoms with van der Waals surface area (Å²) in [6.45, 7) is -0.0908. The standard InChI is InChI=1S/C16H9Cl2IN2O2/c17-10-5-12-15(13(18)6-10)20-8-21(16(12)23)7-14(22)9-1-3-11(19)4-2-9/h1-6,8H,7H2. The molecule has 0 spiro atoms. The number of ketones is 1. The first-order chi connectivity index (χ1) is 11.0. The summed E-state index contributed by atoms with van der Waals surface area (Å²) in [5.41, 5.74) is 0.568. The summed E-state index contributed by atoms with van der Waals surface area (Å²) in [4.78, 5) is 29.0. The molecule has 1 aromatic heterocycles. The molecule has 0 fully saturated rings. The van der Waals surface area contributed by atoms with Crippen LogP contribution in [0.25, 0.3) is 10.9 Å². The summed E-state index contributed by atoms with van der Waals surface area (Å²) in [6, 6.07) is 10.2. The molecule has 116 valence electrons. The van der Waals surface area contributed by atoms with Crippen LogP contribution >= 0.6 is 45.8 Å². The van der Waals surface area contributed by atoms with E-state index in [9.17, 15) is 9.59 Å². The molecule has 0 saturated carbocycles. The Morgan fingerprint density at radius 3 is 2.57 bits per heavy atom. The summed E-state index contributed by atoms with van der Waals surface area (Å²) >= 11 is 14.1. The van der Waals surface area contributed by atoms with Crippen molar-refractivity contribution in [1.29, 1.82) is 0 Å². The quantitative estimate of drug-likeness (QED) is 0.436. The first-order valence-corrected chi connectivity index (χ1v) is 8.42. The third kappa shape index (κ3) is 3.41. The summed E-state index contributed by atoms with van der Waals surface area (Å²) < 4.78 is 2.29. The van der Waals surface area contributed by atoms with Crippen LogP contribution in [-0.2, 0) is 6.54 Å². The fraction of sp³-hybridized carbons (Fsp3) is 0.0625. The third-order valence-corrected chi connectivity index (χ3v) is 4.55. The maximum atomic E-state index is 12.5. The molecule has 0 aliphatic carbocycles. The van der Waals surface area contributed by atoms with Crippen molar-refractivity contribution in [2.75, 3.05) is 0 Å². The van der Waals surface area contributed by atoms with Gasteiger partial charge in [0.05, 0.1) is 28.8 Å². The average Bonchev–Trinajstić information content (AvgIpc) is 2.51. The van der Waals surface area contributed by atoms with Gasteiger partial charge in [0, 0.05) is 14.2 Å². The van der Waals surface area contributed by atoms with Gasteiger partial charge < -0.3 is 0 Å². The maximum absolute atomic E-state index is 12.5. The van der Waals surface area contributed by atoms with Gasteiger partial charge in [-0.1, -0.05) is 35.3 Å². The van der Waals surface area contributed by atoms with E-state index in [0.717, 1.165) is 3.57 Å². The summed E-state index contributed by atoms with van der Waals surface area (Å²) in [6.07, 6.45) is 1.33. The largest absolute Gasteiger partial charge is 0.292 e. The number of Topliss-reactive ketones (excluding diaryl/α,β-unsaturated/α-hetero) is 1. The Bertz CT molecular complexity index is 968. The Labute approximate surface area is 155 Å². The molecule has 0 bridgehead atoms. The molecule has 0 unspecified atom stereocenters. The number of nitrogens with zero attached hydrogens (tertiary/aromatic N) is 2. The molecule has 3 aromatic rings. The van der Waals surface area contributed by atoms with Gasteiger partial charge in [-0.25, -0.2) is 4.98 Å². The van der Waals surface area contributed by atoms with Gasteiger partial charge in [-0.05, 0) is 46.9 Å². The second-order valence-electron chi connectivity index (χ2n) is 4.89. The molecule has 2 aromatic carbocycles. The van der Waals surface area contributed by atoms with Crippen molar-refractivity contribution in [3.05, 3.63) is 72.3 Å². The van der Waals surface area contributed by atoms with Crippen LogP contribution in [0.4, 0.5) is 0 Å². The maximum Gasteiger partial charge on any atom is 0.261 e. The lowest BCUT2D eigenvalue weighted by molar-refractivity contribution is 0.0970. The van der Waals surface area contributed by atoms with Gasteiger partial charge in [0.1, 0.15) is 0 Å². The van der Waals surface area contributed by atoms with Crippen LogP contribution in [0, 0.1) is 3.57 Å². The van der Waals surface area contributed by atoms with Gasteiger partial charge >= 0.3 is 0 Å². The van der Waals surface area contributed by atoms with Crippen molar-refractivity contribution in [2.24, 2.45) is 0 Å². The minimum atomic E-state index is -0.349. The fourth-order valence-electron chi connectivity index (χ4n) is 2.19. The van der Waals surface area contributed by atoms with Crippen molar-refractivity contribution < 1.29 is 4.79 Å². The van der Waals surface area contributed by atoms with E-state index in [4.69, 9.17) is 23.2 Å². The average molecular weight is 459 g/mol. The summed E-state index contributed by atoms with van der Waals surface area (Å²) in [5, 5.41) is 0.948. The summed E-state index contributed by atoms with van der Waals surface area (Å²) in [7, 11) is 0. The highest BCUT2D eigenvalue weighted by Crippen LogP contribution is 2.24. The molecular formula is C16H9Cl2IN2O2. The Morgan fingerprint density at radius 1 is 1.17 bits per heavy atom. The predicted molar refractivity (Wildman–Crippen MR) is 99.5 cm³/mol. The zero-order chi connectivity index (χ0) is 16.6. The third-order valence-electron chi connectivity index (χ3n) is 3.33. The van der Waals surface area contributed by atoms with Crippen molar-refractivity contribution in [2.45, 2.75) is 6.54 Å². The number of hydrogen-bond donors (Lipinski definition) is 0. The number of fused-ring (bicyclic) bond motifs is 1. The second kappa shape index (κ2) is 6.59. The first kappa shape index (κ1) is 16.4. The molecule has 3 rings (SSSR count). The van der Waals surface area contributed by atoms with Crippen LogP contribution in [0.3, 0.4) is 0 Å². The van der Waals surface area contributed by atoms with E-state index in [2.05, 4.69) is 27.6 Å². The van der Waals surface area contributed by atoms with E-state index in [1.165, 1.54) is 23.0 Å². The molecule has 0 atom stereocenters. The number of carbonyl (C=O) groups is 1. The second-order valence-corrected chi connectivity index (χ2v) is 6.98. The zero-order valence-corrected chi connectivity index (χ0v) is 15.3. The number of hydrogen-bond acceptors (Lipinski definition) is 3. The van der Waals surface area contributed by atoms with Gasteiger partial charge in [0.2, 0.25) is 0 Å². The van der Waals surface area contributed by atoms with Crippen LogP contribution in [0.2, 0.25) is 10.0 Å². The van der Waals surface area contributed by atoms with Crippen LogP contribution < -0.4 is 5.56 Å². The van der Waals surface area contributed by atoms with E-state index >= 15 is 0 Å². The number of benzene rings is 2. The van der Waals surface area contributed by atoms with Gasteiger partial charge in [-0.3, -0.25) is 14.2 Å². The molecule has 7 heteroatoms. The van der Waals surface area contributed by atoms with Gasteiger partial charge in [-0.15, -0.1) is 0 Å². The Kier molecular flexibility index (Phi) is 4.70. The monoisotopic (exact) mass is 458 g/mol. The highest BCUT2D eigenvalue weighted by molar-refractivity contribution is 14.1. The lowest BCUT2D eigenvalue weighted by Crippen LogP contribution is -2.24. The molecule has 0 saturated heterocycles. The lowest BCUT2D eigenvalue weighted by atomic mass is 10.1. The molecule has 23 heavy (non-hydrogen) atoms. The van der Waals surface area contributed by atoms with Crippen LogP contribution in [0.15, 0.2) is 47.5 Å². The van der Waals surface area contributed by atoms with Gasteiger partial charge in [0.25, 0.3) is 5.56 Å². The van der Waals surface area contributed by atoms with E-state index < -0.39 is 0 Å². The molecule has 0 amide bonds. The number of carbonyl (C=O) groups excluding carboxylic acids is 1. The van der Waals surface area contributed by atoms with Crippen molar-refractivity contribution in [1.82, 2.24) is 9.55 Å². The van der Waals surface area contributed by atoms with Crippen LogP contribution in [0.5, 0.6) is 0 Å². The van der Waals surface area contributed by atoms with Gasteiger partial charge in [-0.2, -0.15) is 0 Å². The first-order valence-electron chi connectivity index (χ1n) is 6.58. The Morgan fingerprint density at radius 2 is 1.87 bits per heavy atom. The van der Waals surface area contributed by atoms with Crippen LogP contribution in [-0.4, -0.2) is 15.3 Å². The molecule has 1 heterocycles. The molecule has 0 aliphatic rings. The molecule has 4 nitrogen and oxygen atoms in total. The predicted octanol–water partition coefficient (Wildman–Crippen LogP) is 4.19. The van der Waals surface area contributed by atoms with E-state index in [1.807, 2.05) is 12.1 Å². The fourth-order valence-corrected chi connectivity index (χ4v) is 3.09. The Balaban J connectivity index is 2.00. The van der Waals surface area contributed by atoms with E-state index in [1.54, 1.807) is 12.1 Å². The molecule has 0 radical (unpaired) electrons. The highest BCUT2D eigenvalue weighted by Gasteiger charge is 2.12. The normalized spacial score (nSPS) is 10.9. The Hall–Kier alpha value is -1.44. The smallest absolute Gasteiger partial charge is 0.261 e. The molecule has 0 aliphatic heterocycles. The SMILES string of the molecule is O=C(Cn1cnc2c(Cl)cc(Cl)cc2c1=O)c1ccc(I)cc1. The highest BCUT2D eigenvalue weighted by atomic mass is 127. The molecule has 0 N–H and O–H groups in total. The lowest BCUT2D eigenvalue weighted by Gasteiger charge is -2.07. The van der Waals surface area contributed by atoms with E-state index in [-0.39, 0.29) is 17.9 Å².